The lowest BCUT2D eigenvalue weighted by molar-refractivity contribution is -0.168. The van der Waals surface area contributed by atoms with Crippen molar-refractivity contribution in [3.05, 3.63) is 23.2 Å². The first-order valence-corrected chi connectivity index (χ1v) is 8.73. The van der Waals surface area contributed by atoms with E-state index in [-0.39, 0.29) is 29.3 Å². The topological polar surface area (TPSA) is 81.2 Å². The van der Waals surface area contributed by atoms with Crippen LogP contribution in [0.2, 0.25) is 5.15 Å². The van der Waals surface area contributed by atoms with E-state index in [1.807, 2.05) is 0 Å². The first-order valence-electron chi connectivity index (χ1n) is 8.36. The van der Waals surface area contributed by atoms with E-state index in [4.69, 9.17) is 16.3 Å². The minimum atomic E-state index is -0.338. The van der Waals surface area contributed by atoms with Crippen LogP contribution in [0.4, 0.5) is 0 Å². The average molecular weight is 350 g/mol. The molecular formula is C17H20ClN3O3. The second kappa shape index (κ2) is 5.41. The van der Waals surface area contributed by atoms with E-state index in [9.17, 15) is 9.59 Å². The average Bonchev–Trinajstić information content (AvgIpc) is 3.44. The highest BCUT2D eigenvalue weighted by Crippen LogP contribution is 2.73. The number of amides is 1. The molecule has 1 N–H and O–H groups in total. The number of ether oxygens (including phenoxy) is 1. The van der Waals surface area contributed by atoms with E-state index >= 15 is 0 Å². The number of carbonyl (C=O) groups is 2. The summed E-state index contributed by atoms with van der Waals surface area (Å²) in [6.45, 7) is 0.285. The van der Waals surface area contributed by atoms with Crippen LogP contribution in [0.5, 0.6) is 0 Å². The number of methoxy groups -OCH3 is 1. The maximum absolute atomic E-state index is 12.9. The molecule has 1 heterocycles. The van der Waals surface area contributed by atoms with Crippen LogP contribution in [0.3, 0.4) is 0 Å². The Balaban J connectivity index is 1.48. The van der Waals surface area contributed by atoms with Crippen LogP contribution in [-0.4, -0.2) is 29.0 Å². The molecule has 5 rings (SSSR count). The fourth-order valence-electron chi connectivity index (χ4n) is 5.06. The minimum Gasteiger partial charge on any atom is -0.469 e. The fourth-order valence-corrected chi connectivity index (χ4v) is 5.23. The Morgan fingerprint density at radius 1 is 1.21 bits per heavy atom. The monoisotopic (exact) mass is 349 g/mol. The molecule has 0 saturated heterocycles. The molecule has 0 aromatic carbocycles. The van der Waals surface area contributed by atoms with Crippen molar-refractivity contribution >= 4 is 23.5 Å². The number of hydrogen-bond acceptors (Lipinski definition) is 5. The van der Waals surface area contributed by atoms with Crippen LogP contribution in [0.1, 0.15) is 37.8 Å². The quantitative estimate of drug-likeness (QED) is 0.842. The smallest absolute Gasteiger partial charge is 0.312 e. The summed E-state index contributed by atoms with van der Waals surface area (Å²) >= 11 is 6.00. The Kier molecular flexibility index (Phi) is 3.56. The van der Waals surface area contributed by atoms with Gasteiger partial charge >= 0.3 is 5.97 Å². The lowest BCUT2D eigenvalue weighted by atomic mass is 9.53. The van der Waals surface area contributed by atoms with Crippen molar-refractivity contribution in [2.24, 2.45) is 22.7 Å². The van der Waals surface area contributed by atoms with E-state index in [0.29, 0.717) is 22.7 Å². The van der Waals surface area contributed by atoms with E-state index in [1.165, 1.54) is 13.3 Å². The van der Waals surface area contributed by atoms with Gasteiger partial charge in [-0.3, -0.25) is 14.6 Å². The van der Waals surface area contributed by atoms with E-state index in [0.717, 1.165) is 32.1 Å². The number of rotatable bonds is 4. The summed E-state index contributed by atoms with van der Waals surface area (Å²) in [5.41, 5.74) is -0.100. The van der Waals surface area contributed by atoms with Gasteiger partial charge in [-0.1, -0.05) is 11.6 Å². The molecule has 6 nitrogen and oxygen atoms in total. The summed E-state index contributed by atoms with van der Waals surface area (Å²) < 4.78 is 5.05. The molecule has 1 amide bonds. The van der Waals surface area contributed by atoms with Crippen molar-refractivity contribution in [3.63, 3.8) is 0 Å². The third-order valence-corrected chi connectivity index (χ3v) is 6.74. The molecular weight excluding hydrogens is 330 g/mol. The van der Waals surface area contributed by atoms with Crippen molar-refractivity contribution in [1.82, 2.24) is 15.3 Å². The van der Waals surface area contributed by atoms with Crippen molar-refractivity contribution in [2.45, 2.75) is 38.6 Å². The molecule has 7 heteroatoms. The van der Waals surface area contributed by atoms with Gasteiger partial charge in [-0.2, -0.15) is 0 Å². The molecule has 4 aliphatic rings. The van der Waals surface area contributed by atoms with Crippen molar-refractivity contribution in [2.75, 3.05) is 7.11 Å². The molecule has 128 valence electrons. The summed E-state index contributed by atoms with van der Waals surface area (Å²) in [7, 11) is 1.46. The van der Waals surface area contributed by atoms with E-state index in [1.54, 1.807) is 6.20 Å². The van der Waals surface area contributed by atoms with Gasteiger partial charge in [0.05, 0.1) is 30.2 Å². The van der Waals surface area contributed by atoms with Crippen molar-refractivity contribution in [1.29, 1.82) is 0 Å². The molecule has 0 aliphatic heterocycles. The van der Waals surface area contributed by atoms with Gasteiger partial charge in [-0.05, 0) is 43.9 Å². The predicted octanol–water partition coefficient (Wildman–Crippen LogP) is 2.12. The second-order valence-corrected chi connectivity index (χ2v) is 7.59. The van der Waals surface area contributed by atoms with Crippen molar-refractivity contribution < 1.29 is 14.3 Å². The lowest BCUT2D eigenvalue weighted by Gasteiger charge is -2.50. The van der Waals surface area contributed by atoms with Gasteiger partial charge < -0.3 is 10.1 Å². The first kappa shape index (κ1) is 15.8. The predicted molar refractivity (Wildman–Crippen MR) is 85.8 cm³/mol. The molecule has 2 bridgehead atoms. The van der Waals surface area contributed by atoms with Crippen molar-refractivity contribution in [3.8, 4) is 0 Å². The zero-order valence-corrected chi connectivity index (χ0v) is 14.3. The summed E-state index contributed by atoms with van der Waals surface area (Å²) in [5.74, 6) is 0.583. The molecule has 24 heavy (non-hydrogen) atoms. The van der Waals surface area contributed by atoms with Gasteiger partial charge in [0.25, 0.3) is 0 Å². The second-order valence-electron chi connectivity index (χ2n) is 7.23. The van der Waals surface area contributed by atoms with Gasteiger partial charge in [0.2, 0.25) is 5.91 Å². The summed E-state index contributed by atoms with van der Waals surface area (Å²) in [5, 5.41) is 3.31. The molecule has 4 fully saturated rings. The number of halogens is 1. The molecule has 4 saturated carbocycles. The Labute approximate surface area is 145 Å². The SMILES string of the molecule is COC(=O)C12CCC(C(=O)NCc3nccnc3Cl)(CC1)C1CC12. The summed E-state index contributed by atoms with van der Waals surface area (Å²) in [6, 6.07) is 0. The van der Waals surface area contributed by atoms with Gasteiger partial charge in [-0.25, -0.2) is 4.98 Å². The maximum atomic E-state index is 12.9. The van der Waals surface area contributed by atoms with E-state index in [2.05, 4.69) is 15.3 Å². The number of hydrogen-bond donors (Lipinski definition) is 1. The van der Waals surface area contributed by atoms with Crippen LogP contribution in [0, 0.1) is 22.7 Å². The van der Waals surface area contributed by atoms with Crippen LogP contribution in [-0.2, 0) is 20.9 Å². The van der Waals surface area contributed by atoms with Crippen LogP contribution in [0.25, 0.3) is 0 Å². The highest BCUT2D eigenvalue weighted by molar-refractivity contribution is 6.29. The summed E-state index contributed by atoms with van der Waals surface area (Å²) in [6.07, 6.45) is 7.05. The zero-order chi connectivity index (χ0) is 16.9. The Hall–Kier alpha value is -1.69. The normalized spacial score (nSPS) is 35.9. The van der Waals surface area contributed by atoms with Gasteiger partial charge in [0.15, 0.2) is 5.15 Å². The van der Waals surface area contributed by atoms with Crippen LogP contribution < -0.4 is 5.32 Å². The van der Waals surface area contributed by atoms with E-state index < -0.39 is 0 Å². The molecule has 2 unspecified atom stereocenters. The Morgan fingerprint density at radius 3 is 2.50 bits per heavy atom. The van der Waals surface area contributed by atoms with Gasteiger partial charge in [-0.15, -0.1) is 0 Å². The summed E-state index contributed by atoms with van der Waals surface area (Å²) in [4.78, 5) is 33.3. The number of aromatic nitrogens is 2. The number of nitrogens with one attached hydrogen (secondary N) is 1. The van der Waals surface area contributed by atoms with Crippen LogP contribution in [0.15, 0.2) is 12.4 Å². The standard InChI is InChI=1S/C17H20ClN3O3/c1-24-15(23)17-4-2-16(3-5-17,10-8-11(10)17)14(22)21-9-12-13(18)20-7-6-19-12/h6-7,10-11H,2-5,8-9H2,1H3,(H,21,22). The molecule has 0 spiro atoms. The highest BCUT2D eigenvalue weighted by Gasteiger charge is 2.72. The largest absolute Gasteiger partial charge is 0.469 e. The molecule has 1 aromatic heterocycles. The lowest BCUT2D eigenvalue weighted by Crippen LogP contribution is -2.54. The minimum absolute atomic E-state index is 0.0647. The Morgan fingerprint density at radius 2 is 1.83 bits per heavy atom. The zero-order valence-electron chi connectivity index (χ0n) is 13.5. The molecule has 2 atom stereocenters. The van der Waals surface area contributed by atoms with Gasteiger partial charge in [0, 0.05) is 12.4 Å². The third-order valence-electron chi connectivity index (χ3n) is 6.43. The molecule has 1 aromatic rings. The fraction of sp³-hybridized carbons (Fsp3) is 0.647. The molecule has 0 radical (unpaired) electrons. The number of carbonyl (C=O) groups excluding carboxylic acids is 2. The Bertz CT molecular complexity index is 700. The third kappa shape index (κ3) is 2.08. The number of nitrogens with zero attached hydrogens (tertiary/aromatic N) is 2. The first-order chi connectivity index (χ1) is 11.5. The molecule has 4 aliphatic carbocycles. The van der Waals surface area contributed by atoms with Gasteiger partial charge in [0.1, 0.15) is 0 Å². The number of esters is 1. The highest BCUT2D eigenvalue weighted by atomic mass is 35.5. The maximum Gasteiger partial charge on any atom is 0.312 e. The number of fused-ring (bicyclic) bond motifs is 2. The van der Waals surface area contributed by atoms with Crippen LogP contribution >= 0.6 is 11.6 Å².